The molecule has 1 atom stereocenters. The molecule has 5 heteroatoms. The number of halogens is 1. The van der Waals surface area contributed by atoms with Crippen molar-refractivity contribution >= 4 is 38.3 Å². The Morgan fingerprint density at radius 1 is 1.39 bits per heavy atom. The largest absolute Gasteiger partial charge is 0.467 e. The average molecular weight is 279 g/mol. The van der Waals surface area contributed by atoms with E-state index in [4.69, 9.17) is 16.0 Å². The molecular formula is C13H11ClN2OS. The van der Waals surface area contributed by atoms with Crippen molar-refractivity contribution in [2.45, 2.75) is 13.0 Å². The second-order valence-corrected chi connectivity index (χ2v) is 5.48. The number of hydrogen-bond donors (Lipinski definition) is 1. The molecule has 1 aromatic carbocycles. The Kier molecular flexibility index (Phi) is 2.97. The number of rotatable bonds is 3. The third-order valence-electron chi connectivity index (χ3n) is 2.66. The number of nitrogens with zero attached hydrogens (tertiary/aromatic N) is 1. The van der Waals surface area contributed by atoms with Gasteiger partial charge in [0.1, 0.15) is 5.76 Å². The predicted octanol–water partition coefficient (Wildman–Crippen LogP) is 4.72. The fourth-order valence-electron chi connectivity index (χ4n) is 1.75. The van der Waals surface area contributed by atoms with Crippen LogP contribution < -0.4 is 5.32 Å². The van der Waals surface area contributed by atoms with Gasteiger partial charge in [-0.1, -0.05) is 22.9 Å². The summed E-state index contributed by atoms with van der Waals surface area (Å²) >= 11 is 7.55. The molecule has 0 saturated carbocycles. The first-order chi connectivity index (χ1) is 8.72. The third kappa shape index (κ3) is 2.21. The van der Waals surface area contributed by atoms with Crippen molar-refractivity contribution in [3.63, 3.8) is 0 Å². The molecule has 0 saturated heterocycles. The van der Waals surface area contributed by atoms with Crippen molar-refractivity contribution in [1.82, 2.24) is 4.98 Å². The van der Waals surface area contributed by atoms with Gasteiger partial charge in [0, 0.05) is 5.02 Å². The number of anilines is 1. The molecule has 0 aliphatic heterocycles. The van der Waals surface area contributed by atoms with E-state index in [2.05, 4.69) is 10.3 Å². The normalized spacial score (nSPS) is 12.8. The number of nitrogens with one attached hydrogen (secondary N) is 1. The molecule has 3 nitrogen and oxygen atoms in total. The van der Waals surface area contributed by atoms with Gasteiger partial charge in [-0.2, -0.15) is 0 Å². The zero-order valence-corrected chi connectivity index (χ0v) is 11.3. The standard InChI is InChI=1S/C13H11ClN2OS/c1-8(11-3-2-6-17-11)15-13-16-10-5-4-9(14)7-12(10)18-13/h2-8H,1H3,(H,15,16). The van der Waals surface area contributed by atoms with Crippen molar-refractivity contribution in [3.05, 3.63) is 47.4 Å². The number of thiazole rings is 1. The molecular weight excluding hydrogens is 268 g/mol. The smallest absolute Gasteiger partial charge is 0.184 e. The zero-order chi connectivity index (χ0) is 12.5. The maximum Gasteiger partial charge on any atom is 0.184 e. The number of fused-ring (bicyclic) bond motifs is 1. The number of hydrogen-bond acceptors (Lipinski definition) is 4. The molecule has 0 aliphatic rings. The Balaban J connectivity index is 1.86. The van der Waals surface area contributed by atoms with E-state index in [0.717, 1.165) is 26.1 Å². The molecule has 0 spiro atoms. The van der Waals surface area contributed by atoms with Crippen LogP contribution in [0.25, 0.3) is 10.2 Å². The Morgan fingerprint density at radius 3 is 3.06 bits per heavy atom. The van der Waals surface area contributed by atoms with Gasteiger partial charge in [0.15, 0.2) is 5.13 Å². The highest BCUT2D eigenvalue weighted by atomic mass is 35.5. The van der Waals surface area contributed by atoms with E-state index in [0.29, 0.717) is 0 Å². The molecule has 0 aliphatic carbocycles. The van der Waals surface area contributed by atoms with E-state index in [1.165, 1.54) is 0 Å². The molecule has 3 aromatic rings. The second-order valence-electron chi connectivity index (χ2n) is 4.01. The Morgan fingerprint density at radius 2 is 2.28 bits per heavy atom. The molecule has 92 valence electrons. The molecule has 0 radical (unpaired) electrons. The lowest BCUT2D eigenvalue weighted by molar-refractivity contribution is 0.490. The van der Waals surface area contributed by atoms with E-state index >= 15 is 0 Å². The molecule has 0 amide bonds. The maximum absolute atomic E-state index is 5.96. The van der Waals surface area contributed by atoms with Crippen molar-refractivity contribution < 1.29 is 4.42 Å². The van der Waals surface area contributed by atoms with E-state index in [1.807, 2.05) is 37.3 Å². The highest BCUT2D eigenvalue weighted by Gasteiger charge is 2.11. The van der Waals surface area contributed by atoms with Crippen LogP contribution in [0, 0.1) is 0 Å². The number of aromatic nitrogens is 1. The quantitative estimate of drug-likeness (QED) is 0.753. The molecule has 2 aromatic heterocycles. The van der Waals surface area contributed by atoms with Gasteiger partial charge in [0.25, 0.3) is 0 Å². The van der Waals surface area contributed by atoms with Crippen LogP contribution in [-0.4, -0.2) is 4.98 Å². The summed E-state index contributed by atoms with van der Waals surface area (Å²) in [6, 6.07) is 9.63. The summed E-state index contributed by atoms with van der Waals surface area (Å²) < 4.78 is 6.43. The lowest BCUT2D eigenvalue weighted by Crippen LogP contribution is -2.04. The Bertz CT molecular complexity index is 663. The fourth-order valence-corrected chi connectivity index (χ4v) is 2.98. The highest BCUT2D eigenvalue weighted by molar-refractivity contribution is 7.22. The van der Waals surface area contributed by atoms with E-state index in [-0.39, 0.29) is 6.04 Å². The van der Waals surface area contributed by atoms with Crippen molar-refractivity contribution in [2.75, 3.05) is 5.32 Å². The first-order valence-electron chi connectivity index (χ1n) is 5.58. The average Bonchev–Trinajstić information content (AvgIpc) is 2.95. The van der Waals surface area contributed by atoms with Crippen molar-refractivity contribution in [3.8, 4) is 0 Å². The summed E-state index contributed by atoms with van der Waals surface area (Å²) in [5.74, 6) is 0.896. The molecule has 1 unspecified atom stereocenters. The third-order valence-corrected chi connectivity index (χ3v) is 3.84. The van der Waals surface area contributed by atoms with Crippen LogP contribution >= 0.6 is 22.9 Å². The molecule has 3 rings (SSSR count). The minimum atomic E-state index is 0.0936. The summed E-state index contributed by atoms with van der Waals surface area (Å²) in [5.41, 5.74) is 0.957. The summed E-state index contributed by atoms with van der Waals surface area (Å²) in [4.78, 5) is 4.51. The van der Waals surface area contributed by atoms with Crippen LogP contribution in [0.15, 0.2) is 41.0 Å². The number of furan rings is 1. The minimum absolute atomic E-state index is 0.0936. The SMILES string of the molecule is CC(Nc1nc2ccc(Cl)cc2s1)c1ccco1. The Labute approximate surface area is 113 Å². The monoisotopic (exact) mass is 278 g/mol. The number of benzene rings is 1. The van der Waals surface area contributed by atoms with E-state index < -0.39 is 0 Å². The Hall–Kier alpha value is -1.52. The molecule has 18 heavy (non-hydrogen) atoms. The first-order valence-corrected chi connectivity index (χ1v) is 6.78. The van der Waals surface area contributed by atoms with Gasteiger partial charge < -0.3 is 9.73 Å². The van der Waals surface area contributed by atoms with Gasteiger partial charge in [-0.25, -0.2) is 4.98 Å². The molecule has 0 fully saturated rings. The van der Waals surface area contributed by atoms with Gasteiger partial charge in [0.2, 0.25) is 0 Å². The lowest BCUT2D eigenvalue weighted by atomic mass is 10.3. The van der Waals surface area contributed by atoms with Crippen LogP contribution in [-0.2, 0) is 0 Å². The summed E-state index contributed by atoms with van der Waals surface area (Å²) in [5, 5.41) is 4.93. The van der Waals surface area contributed by atoms with Crippen LogP contribution in [0.2, 0.25) is 5.02 Å². The lowest BCUT2D eigenvalue weighted by Gasteiger charge is -2.08. The maximum atomic E-state index is 5.96. The van der Waals surface area contributed by atoms with Crippen LogP contribution in [0.4, 0.5) is 5.13 Å². The van der Waals surface area contributed by atoms with Crippen LogP contribution in [0.1, 0.15) is 18.7 Å². The summed E-state index contributed by atoms with van der Waals surface area (Å²) in [7, 11) is 0. The van der Waals surface area contributed by atoms with Gasteiger partial charge in [0.05, 0.1) is 22.5 Å². The van der Waals surface area contributed by atoms with Gasteiger partial charge >= 0.3 is 0 Å². The zero-order valence-electron chi connectivity index (χ0n) is 9.68. The van der Waals surface area contributed by atoms with Crippen molar-refractivity contribution in [1.29, 1.82) is 0 Å². The molecule has 1 N–H and O–H groups in total. The van der Waals surface area contributed by atoms with Gasteiger partial charge in [-0.05, 0) is 37.3 Å². The minimum Gasteiger partial charge on any atom is -0.467 e. The van der Waals surface area contributed by atoms with Crippen molar-refractivity contribution in [2.24, 2.45) is 0 Å². The van der Waals surface area contributed by atoms with E-state index in [9.17, 15) is 0 Å². The fraction of sp³-hybridized carbons (Fsp3) is 0.154. The van der Waals surface area contributed by atoms with Crippen LogP contribution in [0.3, 0.4) is 0 Å². The van der Waals surface area contributed by atoms with Gasteiger partial charge in [-0.15, -0.1) is 0 Å². The topological polar surface area (TPSA) is 38.1 Å². The summed E-state index contributed by atoms with van der Waals surface area (Å²) in [6.07, 6.45) is 1.67. The highest BCUT2D eigenvalue weighted by Crippen LogP contribution is 2.30. The first kappa shape index (κ1) is 11.6. The van der Waals surface area contributed by atoms with Gasteiger partial charge in [-0.3, -0.25) is 0 Å². The molecule has 2 heterocycles. The van der Waals surface area contributed by atoms with Crippen LogP contribution in [0.5, 0.6) is 0 Å². The predicted molar refractivity (Wildman–Crippen MR) is 75.4 cm³/mol. The molecule has 0 bridgehead atoms. The second kappa shape index (κ2) is 4.63. The summed E-state index contributed by atoms with van der Waals surface area (Å²) in [6.45, 7) is 2.04. The van der Waals surface area contributed by atoms with E-state index in [1.54, 1.807) is 17.6 Å².